The van der Waals surface area contributed by atoms with Crippen molar-refractivity contribution >= 4 is 0 Å². The van der Waals surface area contributed by atoms with Crippen LogP contribution in [0.5, 0.6) is 40.2 Å². The fourth-order valence-electron chi connectivity index (χ4n) is 7.24. The van der Waals surface area contributed by atoms with Gasteiger partial charge in [-0.25, -0.2) is 0 Å². The lowest BCUT2D eigenvalue weighted by molar-refractivity contribution is 0.291. The second-order valence-electron chi connectivity index (χ2n) is 14.7. The van der Waals surface area contributed by atoms with Crippen molar-refractivity contribution in [2.75, 3.05) is 28.4 Å². The number of hydrogen-bond acceptors (Lipinski definition) is 7. The Bertz CT molecular complexity index is 2000. The van der Waals surface area contributed by atoms with Gasteiger partial charge in [-0.05, 0) is 121 Å². The molecule has 0 N–H and O–H groups in total. The van der Waals surface area contributed by atoms with Crippen LogP contribution in [0.25, 0.3) is 11.1 Å². The quantitative estimate of drug-likeness (QED) is 0.110. The van der Waals surface area contributed by atoms with Gasteiger partial charge in [0, 0.05) is 24.5 Å². The van der Waals surface area contributed by atoms with Crippen molar-refractivity contribution in [3.05, 3.63) is 125 Å². The lowest BCUT2D eigenvalue weighted by Gasteiger charge is -2.23. The van der Waals surface area contributed by atoms with Gasteiger partial charge in [0.1, 0.15) is 60.1 Å². The Morgan fingerprint density at radius 1 is 0.397 bits per heavy atom. The van der Waals surface area contributed by atoms with Crippen LogP contribution >= 0.6 is 0 Å². The maximum atomic E-state index is 6.88. The third-order valence-electron chi connectivity index (χ3n) is 10.6. The molecule has 0 saturated heterocycles. The molecule has 0 atom stereocenters. The normalized spacial score (nSPS) is 13.6. The number of methoxy groups -OCH3 is 4. The molecule has 0 spiro atoms. The summed E-state index contributed by atoms with van der Waals surface area (Å²) in [5.74, 6) is 12.2. The molecule has 7 heteroatoms. The van der Waals surface area contributed by atoms with E-state index in [1.165, 1.54) is 18.4 Å². The molecule has 5 aromatic rings. The molecule has 304 valence electrons. The highest BCUT2D eigenvalue weighted by molar-refractivity contribution is 5.85. The van der Waals surface area contributed by atoms with Gasteiger partial charge in [0.15, 0.2) is 0 Å². The van der Waals surface area contributed by atoms with Gasteiger partial charge >= 0.3 is 0 Å². The Hall–Kier alpha value is -5.74. The number of ether oxygens (including phenoxy) is 7. The van der Waals surface area contributed by atoms with Crippen LogP contribution in [0, 0.1) is 11.8 Å². The van der Waals surface area contributed by atoms with Crippen LogP contribution in [0.4, 0.5) is 0 Å². The first kappa shape index (κ1) is 41.9. The summed E-state index contributed by atoms with van der Waals surface area (Å²) in [6, 6.07) is 32.6. The molecule has 0 unspecified atom stereocenters. The standard InChI is InChI=1S/C51H58O7/c1-52-43-25-19-38(20-26-43)35-56-46-33-42-18-16-14-12-10-8-6-5-7-9-11-13-15-17-41-31-48(57-36-39-21-27-44(53-2)28-22-39)51(50(42)47(34-46)55-4)49(32-41)58-37-40-23-29-45(54-3)30-24-40/h19-34H,5,7,9-18,35-37H2,1-4H3. The molecule has 7 nitrogen and oxygen atoms in total. The minimum absolute atomic E-state index is 0.375. The van der Waals surface area contributed by atoms with Crippen molar-refractivity contribution in [2.45, 2.75) is 96.9 Å². The van der Waals surface area contributed by atoms with Crippen LogP contribution in [-0.4, -0.2) is 28.4 Å². The van der Waals surface area contributed by atoms with E-state index in [1.54, 1.807) is 28.4 Å². The number of benzene rings is 5. The molecule has 5 aromatic carbocycles. The van der Waals surface area contributed by atoms with E-state index >= 15 is 0 Å². The molecule has 2 aliphatic carbocycles. The average Bonchev–Trinajstić information content (AvgIpc) is 3.27. The van der Waals surface area contributed by atoms with Gasteiger partial charge in [-0.15, -0.1) is 11.8 Å². The SMILES string of the molecule is COc1ccc(COc2cc3c(c(OC)c2)-c2c(OCc4ccc(OC)cc4)cc(cc2OCc2ccc(OC)cc2)CCCCCCCC#CCCCCC3)cc1. The summed E-state index contributed by atoms with van der Waals surface area (Å²) < 4.78 is 42.8. The molecule has 0 heterocycles. The molecule has 0 saturated carbocycles. The van der Waals surface area contributed by atoms with E-state index in [0.717, 1.165) is 132 Å². The minimum Gasteiger partial charge on any atom is -0.497 e. The maximum Gasteiger partial charge on any atom is 0.131 e. The molecule has 0 aromatic heterocycles. The van der Waals surface area contributed by atoms with Crippen molar-refractivity contribution in [2.24, 2.45) is 0 Å². The molecule has 7 rings (SSSR count). The first-order chi connectivity index (χ1) is 28.6. The van der Waals surface area contributed by atoms with E-state index in [-0.39, 0.29) is 0 Å². The van der Waals surface area contributed by atoms with Gasteiger partial charge in [0.2, 0.25) is 0 Å². The Morgan fingerprint density at radius 3 is 1.34 bits per heavy atom. The Kier molecular flexibility index (Phi) is 16.1. The highest BCUT2D eigenvalue weighted by Crippen LogP contribution is 2.48. The predicted molar refractivity (Wildman–Crippen MR) is 232 cm³/mol. The lowest BCUT2D eigenvalue weighted by atomic mass is 9.91. The van der Waals surface area contributed by atoms with Gasteiger partial charge in [0.25, 0.3) is 0 Å². The summed E-state index contributed by atoms with van der Waals surface area (Å²) >= 11 is 0. The van der Waals surface area contributed by atoms with E-state index in [1.807, 2.05) is 78.9 Å². The molecule has 0 radical (unpaired) electrons. The Labute approximate surface area is 345 Å². The third kappa shape index (κ3) is 12.1. The monoisotopic (exact) mass is 782 g/mol. The summed E-state index contributed by atoms with van der Waals surface area (Å²) in [5, 5.41) is 0. The maximum absolute atomic E-state index is 6.88. The molecule has 0 aliphatic heterocycles. The van der Waals surface area contributed by atoms with Crippen LogP contribution in [0.3, 0.4) is 0 Å². The molecule has 0 fully saturated rings. The van der Waals surface area contributed by atoms with Gasteiger partial charge in [-0.3, -0.25) is 0 Å². The van der Waals surface area contributed by atoms with Crippen LogP contribution in [-0.2, 0) is 32.7 Å². The Balaban J connectivity index is 1.45. The Morgan fingerprint density at radius 2 is 0.845 bits per heavy atom. The highest BCUT2D eigenvalue weighted by atomic mass is 16.5. The van der Waals surface area contributed by atoms with E-state index < -0.39 is 0 Å². The third-order valence-corrected chi connectivity index (χ3v) is 10.6. The molecule has 0 amide bonds. The first-order valence-corrected chi connectivity index (χ1v) is 20.7. The summed E-state index contributed by atoms with van der Waals surface area (Å²) in [4.78, 5) is 0. The largest absolute Gasteiger partial charge is 0.497 e. The van der Waals surface area contributed by atoms with Crippen molar-refractivity contribution in [3.8, 4) is 63.2 Å². The smallest absolute Gasteiger partial charge is 0.131 e. The zero-order valence-electron chi connectivity index (χ0n) is 34.7. The lowest BCUT2D eigenvalue weighted by Crippen LogP contribution is -2.06. The van der Waals surface area contributed by atoms with Crippen LogP contribution in [0.2, 0.25) is 0 Å². The fraction of sp³-hybridized carbons (Fsp3) is 0.373. The average molecular weight is 783 g/mol. The first-order valence-electron chi connectivity index (χ1n) is 20.7. The summed E-state index contributed by atoms with van der Waals surface area (Å²) in [6.45, 7) is 1.16. The number of hydrogen-bond donors (Lipinski definition) is 0. The van der Waals surface area contributed by atoms with E-state index in [4.69, 9.17) is 33.2 Å². The zero-order valence-corrected chi connectivity index (χ0v) is 34.7. The zero-order chi connectivity index (χ0) is 40.4. The predicted octanol–water partition coefficient (Wildman–Crippen LogP) is 12.1. The second kappa shape index (κ2) is 22.3. The van der Waals surface area contributed by atoms with Crippen molar-refractivity contribution in [1.29, 1.82) is 0 Å². The topological polar surface area (TPSA) is 64.6 Å². The van der Waals surface area contributed by atoms with Gasteiger partial charge in [-0.2, -0.15) is 0 Å². The highest BCUT2D eigenvalue weighted by Gasteiger charge is 2.24. The molecular weight excluding hydrogens is 725 g/mol. The van der Waals surface area contributed by atoms with Gasteiger partial charge in [-0.1, -0.05) is 62.1 Å². The summed E-state index contributed by atoms with van der Waals surface area (Å²) in [6.07, 6.45) is 12.6. The fourth-order valence-corrected chi connectivity index (χ4v) is 7.24. The van der Waals surface area contributed by atoms with Crippen molar-refractivity contribution < 1.29 is 33.2 Å². The number of rotatable bonds is 13. The molecular formula is C51H58O7. The number of aryl methyl sites for hydroxylation is 2. The van der Waals surface area contributed by atoms with E-state index in [9.17, 15) is 0 Å². The van der Waals surface area contributed by atoms with Crippen molar-refractivity contribution in [1.82, 2.24) is 0 Å². The molecule has 58 heavy (non-hydrogen) atoms. The molecule has 2 bridgehead atoms. The van der Waals surface area contributed by atoms with E-state index in [2.05, 4.69) is 30.0 Å². The second-order valence-corrected chi connectivity index (χ2v) is 14.7. The van der Waals surface area contributed by atoms with Crippen LogP contribution < -0.4 is 33.2 Å². The summed E-state index contributed by atoms with van der Waals surface area (Å²) in [7, 11) is 6.76. The molecule has 2 aliphatic rings. The van der Waals surface area contributed by atoms with Crippen LogP contribution in [0.15, 0.2) is 97.1 Å². The minimum atomic E-state index is 0.375. The van der Waals surface area contributed by atoms with Gasteiger partial charge < -0.3 is 33.2 Å². The van der Waals surface area contributed by atoms with Crippen molar-refractivity contribution in [3.63, 3.8) is 0 Å². The van der Waals surface area contributed by atoms with Gasteiger partial charge in [0.05, 0.1) is 34.0 Å². The van der Waals surface area contributed by atoms with Crippen LogP contribution in [0.1, 0.15) is 92.0 Å². The number of fused-ring (bicyclic) bond motifs is 14. The summed E-state index contributed by atoms with van der Waals surface area (Å²) in [5.41, 5.74) is 7.24. The van der Waals surface area contributed by atoms with E-state index in [0.29, 0.717) is 25.6 Å².